The van der Waals surface area contributed by atoms with E-state index in [1.54, 1.807) is 20.8 Å². The molecule has 1 aromatic rings. The molecule has 0 saturated heterocycles. The van der Waals surface area contributed by atoms with Gasteiger partial charge in [0.1, 0.15) is 11.6 Å². The second-order valence-electron chi connectivity index (χ2n) is 5.60. The van der Waals surface area contributed by atoms with Gasteiger partial charge in [0.15, 0.2) is 0 Å². The van der Waals surface area contributed by atoms with Crippen molar-refractivity contribution >= 4 is 12.0 Å². The third-order valence-corrected chi connectivity index (χ3v) is 2.43. The van der Waals surface area contributed by atoms with Gasteiger partial charge in [0.25, 0.3) is 0 Å². The molecule has 0 heterocycles. The van der Waals surface area contributed by atoms with E-state index in [2.05, 4.69) is 5.32 Å². The molecule has 0 aliphatic carbocycles. The van der Waals surface area contributed by atoms with Crippen LogP contribution in [-0.2, 0) is 20.9 Å². The number of alkyl carbamates (subject to hydrolysis) is 1. The quantitative estimate of drug-likeness (QED) is 0.833. The van der Waals surface area contributed by atoms with Crippen molar-refractivity contribution in [2.45, 2.75) is 39.0 Å². The zero-order valence-corrected chi connectivity index (χ0v) is 12.6. The minimum atomic E-state index is -0.927. The molecule has 116 valence electrons. The van der Waals surface area contributed by atoms with E-state index in [1.807, 2.05) is 30.3 Å². The van der Waals surface area contributed by atoms with E-state index < -0.39 is 23.6 Å². The lowest BCUT2D eigenvalue weighted by Crippen LogP contribution is -2.48. The third-order valence-electron chi connectivity index (χ3n) is 2.43. The Bertz CT molecular complexity index is 468. The molecule has 0 bridgehead atoms. The van der Waals surface area contributed by atoms with Gasteiger partial charge < -0.3 is 20.5 Å². The van der Waals surface area contributed by atoms with Crippen LogP contribution < -0.4 is 11.1 Å². The van der Waals surface area contributed by atoms with Crippen LogP contribution in [0.2, 0.25) is 0 Å². The van der Waals surface area contributed by atoms with E-state index in [1.165, 1.54) is 0 Å². The van der Waals surface area contributed by atoms with Crippen LogP contribution in [0.5, 0.6) is 0 Å². The molecule has 6 heteroatoms. The molecule has 0 spiro atoms. The molecule has 1 rings (SSSR count). The van der Waals surface area contributed by atoms with Gasteiger partial charge in [-0.2, -0.15) is 0 Å². The highest BCUT2D eigenvalue weighted by atomic mass is 16.6. The average molecular weight is 294 g/mol. The van der Waals surface area contributed by atoms with Gasteiger partial charge in [-0.3, -0.25) is 4.79 Å². The molecule has 2 amide bonds. The molecule has 21 heavy (non-hydrogen) atoms. The molecular formula is C15H22N2O4. The first kappa shape index (κ1) is 17.0. The lowest BCUT2D eigenvalue weighted by molar-refractivity contribution is -0.121. The van der Waals surface area contributed by atoms with E-state index >= 15 is 0 Å². The molecule has 1 atom stereocenters. The van der Waals surface area contributed by atoms with Crippen LogP contribution in [0.25, 0.3) is 0 Å². The fraction of sp³-hybridized carbons (Fsp3) is 0.467. The second-order valence-corrected chi connectivity index (χ2v) is 5.60. The maximum atomic E-state index is 11.6. The molecule has 3 N–H and O–H groups in total. The number of carbonyl (C=O) groups excluding carboxylic acids is 2. The van der Waals surface area contributed by atoms with Gasteiger partial charge in [-0.05, 0) is 26.3 Å². The predicted molar refractivity (Wildman–Crippen MR) is 78.5 cm³/mol. The van der Waals surface area contributed by atoms with E-state index in [-0.39, 0.29) is 6.61 Å². The van der Waals surface area contributed by atoms with Crippen molar-refractivity contribution in [2.24, 2.45) is 5.73 Å². The normalized spacial score (nSPS) is 12.5. The smallest absolute Gasteiger partial charge is 0.408 e. The summed E-state index contributed by atoms with van der Waals surface area (Å²) in [5.74, 6) is -0.672. The first-order valence-electron chi connectivity index (χ1n) is 6.68. The molecular weight excluding hydrogens is 272 g/mol. The van der Waals surface area contributed by atoms with Crippen molar-refractivity contribution in [3.63, 3.8) is 0 Å². The van der Waals surface area contributed by atoms with Crippen molar-refractivity contribution in [3.05, 3.63) is 35.9 Å². The number of primary amides is 1. The Balaban J connectivity index is 2.43. The largest absolute Gasteiger partial charge is 0.444 e. The van der Waals surface area contributed by atoms with E-state index in [0.717, 1.165) is 5.56 Å². The van der Waals surface area contributed by atoms with Gasteiger partial charge in [0.2, 0.25) is 5.91 Å². The van der Waals surface area contributed by atoms with Crippen molar-refractivity contribution in [1.29, 1.82) is 0 Å². The SMILES string of the molecule is CC(C)(C)OC(=O)N[C@H](COCc1ccccc1)C(N)=O. The predicted octanol–water partition coefficient (Wildman–Crippen LogP) is 1.58. The highest BCUT2D eigenvalue weighted by Crippen LogP contribution is 2.07. The summed E-state index contributed by atoms with van der Waals surface area (Å²) in [6.45, 7) is 5.53. The summed E-state index contributed by atoms with van der Waals surface area (Å²) in [6.07, 6.45) is -0.699. The van der Waals surface area contributed by atoms with Crippen molar-refractivity contribution in [3.8, 4) is 0 Å². The fourth-order valence-electron chi connectivity index (χ4n) is 1.51. The first-order chi connectivity index (χ1) is 9.78. The number of hydrogen-bond acceptors (Lipinski definition) is 4. The Hall–Kier alpha value is -2.08. The number of nitrogens with one attached hydrogen (secondary N) is 1. The molecule has 0 fully saturated rings. The zero-order valence-electron chi connectivity index (χ0n) is 12.6. The van der Waals surface area contributed by atoms with Crippen LogP contribution in [-0.4, -0.2) is 30.3 Å². The molecule has 0 aliphatic heterocycles. The number of hydrogen-bond donors (Lipinski definition) is 2. The highest BCUT2D eigenvalue weighted by molar-refractivity contribution is 5.84. The number of ether oxygens (including phenoxy) is 2. The second kappa shape index (κ2) is 7.64. The van der Waals surface area contributed by atoms with Crippen LogP contribution in [0, 0.1) is 0 Å². The molecule has 0 unspecified atom stereocenters. The van der Waals surface area contributed by atoms with Gasteiger partial charge in [0, 0.05) is 0 Å². The lowest BCUT2D eigenvalue weighted by Gasteiger charge is -2.22. The van der Waals surface area contributed by atoms with Crippen LogP contribution in [0.15, 0.2) is 30.3 Å². The van der Waals surface area contributed by atoms with Gasteiger partial charge in [0.05, 0.1) is 13.2 Å². The topological polar surface area (TPSA) is 90.7 Å². The van der Waals surface area contributed by atoms with E-state index in [9.17, 15) is 9.59 Å². The first-order valence-corrected chi connectivity index (χ1v) is 6.68. The van der Waals surface area contributed by atoms with E-state index in [4.69, 9.17) is 15.2 Å². The molecule has 1 aromatic carbocycles. The number of carbonyl (C=O) groups is 2. The summed E-state index contributed by atoms with van der Waals surface area (Å²) >= 11 is 0. The Morgan fingerprint density at radius 1 is 1.24 bits per heavy atom. The van der Waals surface area contributed by atoms with Gasteiger partial charge >= 0.3 is 6.09 Å². The monoisotopic (exact) mass is 294 g/mol. The zero-order chi connectivity index (χ0) is 15.9. The summed E-state index contributed by atoms with van der Waals surface area (Å²) in [6, 6.07) is 8.57. The van der Waals surface area contributed by atoms with Crippen LogP contribution in [0.3, 0.4) is 0 Å². The van der Waals surface area contributed by atoms with E-state index in [0.29, 0.717) is 6.61 Å². The number of rotatable bonds is 6. The molecule has 0 radical (unpaired) electrons. The van der Waals surface area contributed by atoms with Crippen LogP contribution in [0.1, 0.15) is 26.3 Å². The van der Waals surface area contributed by atoms with Gasteiger partial charge in [-0.15, -0.1) is 0 Å². The number of nitrogens with two attached hydrogens (primary N) is 1. The minimum absolute atomic E-state index is 0.0104. The molecule has 0 aliphatic rings. The Labute approximate surface area is 124 Å². The van der Waals surface area contributed by atoms with Gasteiger partial charge in [-0.25, -0.2) is 4.79 Å². The van der Waals surface area contributed by atoms with Crippen molar-refractivity contribution < 1.29 is 19.1 Å². The summed E-state index contributed by atoms with van der Waals surface area (Å²) in [7, 11) is 0. The fourth-order valence-corrected chi connectivity index (χ4v) is 1.51. The van der Waals surface area contributed by atoms with Gasteiger partial charge in [-0.1, -0.05) is 30.3 Å². The maximum Gasteiger partial charge on any atom is 0.408 e. The minimum Gasteiger partial charge on any atom is -0.444 e. The van der Waals surface area contributed by atoms with Crippen LogP contribution in [0.4, 0.5) is 4.79 Å². The third kappa shape index (κ3) is 7.31. The maximum absolute atomic E-state index is 11.6. The lowest BCUT2D eigenvalue weighted by atomic mass is 10.2. The Morgan fingerprint density at radius 2 is 1.86 bits per heavy atom. The molecule has 6 nitrogen and oxygen atoms in total. The summed E-state index contributed by atoms with van der Waals surface area (Å²) < 4.78 is 10.5. The average Bonchev–Trinajstić information content (AvgIpc) is 2.36. The molecule has 0 aromatic heterocycles. The summed E-state index contributed by atoms with van der Waals surface area (Å²) in [4.78, 5) is 22.9. The summed E-state index contributed by atoms with van der Waals surface area (Å²) in [5, 5.41) is 2.40. The Morgan fingerprint density at radius 3 is 2.38 bits per heavy atom. The highest BCUT2D eigenvalue weighted by Gasteiger charge is 2.22. The standard InChI is InChI=1S/C15H22N2O4/c1-15(2,3)21-14(19)17-12(13(16)18)10-20-9-11-7-5-4-6-8-11/h4-8,12H,9-10H2,1-3H3,(H2,16,18)(H,17,19)/t12-/m1/s1. The molecule has 0 saturated carbocycles. The number of benzene rings is 1. The van der Waals surface area contributed by atoms with Crippen molar-refractivity contribution in [2.75, 3.05) is 6.61 Å². The summed E-state index contributed by atoms with van der Waals surface area (Å²) in [5.41, 5.74) is 5.57. The number of amides is 2. The van der Waals surface area contributed by atoms with Crippen LogP contribution >= 0.6 is 0 Å². The van der Waals surface area contributed by atoms with Crippen molar-refractivity contribution in [1.82, 2.24) is 5.32 Å². The Kier molecular flexibility index (Phi) is 6.17.